The lowest BCUT2D eigenvalue weighted by Gasteiger charge is -2.51. The van der Waals surface area contributed by atoms with Crippen LogP contribution >= 0.6 is 0 Å². The van der Waals surface area contributed by atoms with Gasteiger partial charge in [0.05, 0.1) is 24.8 Å². The number of amides is 3. The Balaban J connectivity index is 1.28. The van der Waals surface area contributed by atoms with Gasteiger partial charge >= 0.3 is 0 Å². The Hall–Kier alpha value is -3.24. The number of H-pyrrole nitrogens is 1. The van der Waals surface area contributed by atoms with Gasteiger partial charge in [0.15, 0.2) is 0 Å². The molecule has 3 fully saturated rings. The number of carbonyl (C=O) groups is 3. The van der Waals surface area contributed by atoms with Crippen LogP contribution in [0.3, 0.4) is 0 Å². The molecule has 4 atom stereocenters. The summed E-state index contributed by atoms with van der Waals surface area (Å²) in [5, 5.41) is 12.6. The summed E-state index contributed by atoms with van der Waals surface area (Å²) in [5.41, 5.74) is 1.76. The summed E-state index contributed by atoms with van der Waals surface area (Å²) in [4.78, 5) is 43.9. The van der Waals surface area contributed by atoms with Crippen molar-refractivity contribution in [3.05, 3.63) is 53.9 Å². The van der Waals surface area contributed by atoms with Crippen LogP contribution in [0.4, 0.5) is 0 Å². The fourth-order valence-corrected chi connectivity index (χ4v) is 6.18. The Morgan fingerprint density at radius 1 is 1.13 bits per heavy atom. The zero-order chi connectivity index (χ0) is 27.8. The first kappa shape index (κ1) is 27.3. The van der Waals surface area contributed by atoms with Gasteiger partial charge in [0, 0.05) is 62.9 Å². The summed E-state index contributed by atoms with van der Waals surface area (Å²) in [6, 6.07) is 8.90. The summed E-state index contributed by atoms with van der Waals surface area (Å²) in [5.74, 6) is -0.552. The highest BCUT2D eigenvalue weighted by Gasteiger charge is 2.61. The molecule has 3 N–H and O–H groups in total. The number of nitrogens with one attached hydrogen (secondary N) is 3. The van der Waals surface area contributed by atoms with Crippen LogP contribution in [0.15, 0.2) is 42.7 Å². The monoisotopic (exact) mass is 536 g/mol. The normalized spacial score (nSPS) is 24.6. The number of aromatic nitrogens is 2. The zero-order valence-electron chi connectivity index (χ0n) is 23.3. The van der Waals surface area contributed by atoms with Crippen molar-refractivity contribution in [1.29, 1.82) is 0 Å². The van der Waals surface area contributed by atoms with Crippen molar-refractivity contribution in [2.75, 3.05) is 33.2 Å². The lowest BCUT2D eigenvalue weighted by molar-refractivity contribution is -0.152. The molecule has 3 amide bonds. The molecule has 39 heavy (non-hydrogen) atoms. The minimum absolute atomic E-state index is 0.0657. The first-order valence-electron chi connectivity index (χ1n) is 13.8. The van der Waals surface area contributed by atoms with Gasteiger partial charge in [-0.2, -0.15) is 5.10 Å². The van der Waals surface area contributed by atoms with Gasteiger partial charge in [0.2, 0.25) is 17.7 Å². The average Bonchev–Trinajstić information content (AvgIpc) is 3.23. The lowest BCUT2D eigenvalue weighted by atomic mass is 9.70. The third-order valence-corrected chi connectivity index (χ3v) is 8.78. The Morgan fingerprint density at radius 2 is 1.85 bits per heavy atom. The van der Waals surface area contributed by atoms with Crippen LogP contribution in [0.5, 0.6) is 0 Å². The van der Waals surface area contributed by atoms with E-state index in [-0.39, 0.29) is 40.4 Å². The second-order valence-electron chi connectivity index (χ2n) is 12.2. The molecule has 1 aliphatic carbocycles. The third-order valence-electron chi connectivity index (χ3n) is 8.78. The standard InChI is InChI=1S/C29H40N6O4/c1-19(39-15-20-8-6-5-7-9-20)24(26(37)30-4)33-25(36)23-14-34(13-21-11-31-32-12-21)16-29(23)17-35(18-29)27(38)22-10-28(22,2)3/h5-9,11-12,19,22-24H,10,13-18H2,1-4H3,(H,30,37)(H,31,32)(H,33,36)/t19-,22-,23+,24+/m1/s1. The number of carbonyl (C=O) groups excluding carboxylic acids is 3. The largest absolute Gasteiger partial charge is 0.371 e. The molecule has 5 rings (SSSR count). The lowest BCUT2D eigenvalue weighted by Crippen LogP contribution is -2.65. The molecule has 0 unspecified atom stereocenters. The molecule has 2 saturated heterocycles. The summed E-state index contributed by atoms with van der Waals surface area (Å²) >= 11 is 0. The molecular formula is C29H40N6O4. The van der Waals surface area contributed by atoms with Crippen LogP contribution in [-0.4, -0.2) is 83.1 Å². The maximum absolute atomic E-state index is 13.8. The van der Waals surface area contributed by atoms with Crippen LogP contribution < -0.4 is 10.6 Å². The molecule has 0 radical (unpaired) electrons. The van der Waals surface area contributed by atoms with Crippen molar-refractivity contribution < 1.29 is 19.1 Å². The van der Waals surface area contributed by atoms with E-state index in [2.05, 4.69) is 39.6 Å². The number of aromatic amines is 1. The zero-order valence-corrected chi connectivity index (χ0v) is 23.3. The number of nitrogens with zero attached hydrogens (tertiary/aromatic N) is 3. The highest BCUT2D eigenvalue weighted by atomic mass is 16.5. The smallest absolute Gasteiger partial charge is 0.245 e. The van der Waals surface area contributed by atoms with Crippen LogP contribution in [0.25, 0.3) is 0 Å². The predicted molar refractivity (Wildman–Crippen MR) is 145 cm³/mol. The number of likely N-dealkylation sites (N-methyl/N-ethyl adjacent to an activating group) is 1. The maximum atomic E-state index is 13.8. The van der Waals surface area contributed by atoms with Gasteiger partial charge < -0.3 is 20.3 Å². The Kier molecular flexibility index (Phi) is 7.52. The number of hydrogen-bond acceptors (Lipinski definition) is 6. The molecule has 2 aliphatic heterocycles. The maximum Gasteiger partial charge on any atom is 0.245 e. The van der Waals surface area contributed by atoms with Gasteiger partial charge in [-0.25, -0.2) is 0 Å². The molecule has 3 aliphatic rings. The van der Waals surface area contributed by atoms with Crippen LogP contribution in [0.1, 0.15) is 38.3 Å². The second-order valence-corrected chi connectivity index (χ2v) is 12.2. The Labute approximate surface area is 229 Å². The average molecular weight is 537 g/mol. The first-order chi connectivity index (χ1) is 18.6. The molecule has 1 saturated carbocycles. The van der Waals surface area contributed by atoms with Crippen LogP contribution in [0.2, 0.25) is 0 Å². The van der Waals surface area contributed by atoms with Crippen molar-refractivity contribution in [3.8, 4) is 0 Å². The van der Waals surface area contributed by atoms with Gasteiger partial charge in [-0.15, -0.1) is 0 Å². The number of rotatable bonds is 10. The first-order valence-corrected chi connectivity index (χ1v) is 13.8. The molecule has 10 heteroatoms. The van der Waals surface area contributed by atoms with Crippen molar-refractivity contribution in [2.24, 2.45) is 22.7 Å². The van der Waals surface area contributed by atoms with E-state index in [9.17, 15) is 14.4 Å². The summed E-state index contributed by atoms with van der Waals surface area (Å²) < 4.78 is 6.01. The van der Waals surface area contributed by atoms with E-state index in [1.54, 1.807) is 20.2 Å². The minimum Gasteiger partial charge on any atom is -0.371 e. The van der Waals surface area contributed by atoms with Gasteiger partial charge in [0.1, 0.15) is 6.04 Å². The highest BCUT2D eigenvalue weighted by molar-refractivity contribution is 5.90. The van der Waals surface area contributed by atoms with E-state index < -0.39 is 12.1 Å². The van der Waals surface area contributed by atoms with E-state index in [4.69, 9.17) is 4.74 Å². The molecule has 0 bridgehead atoms. The topological polar surface area (TPSA) is 120 Å². The molecule has 3 heterocycles. The SMILES string of the molecule is CNC(=O)[C@@H](NC(=O)[C@@H]1CN(Cc2cn[nH]c2)CC12CN(C(=O)[C@H]1CC1(C)C)C2)[C@@H](C)OCc1ccccc1. The Morgan fingerprint density at radius 3 is 2.46 bits per heavy atom. The van der Waals surface area contributed by atoms with Gasteiger partial charge in [-0.3, -0.25) is 24.4 Å². The van der Waals surface area contributed by atoms with Gasteiger partial charge in [0.25, 0.3) is 0 Å². The van der Waals surface area contributed by atoms with Crippen molar-refractivity contribution >= 4 is 17.7 Å². The molecule has 10 nitrogen and oxygen atoms in total. The van der Waals surface area contributed by atoms with E-state index >= 15 is 0 Å². The Bertz CT molecular complexity index is 1180. The second kappa shape index (κ2) is 10.7. The molecule has 2 aromatic rings. The molecule has 210 valence electrons. The van der Waals surface area contributed by atoms with Crippen LogP contribution in [-0.2, 0) is 32.3 Å². The number of benzene rings is 1. The number of likely N-dealkylation sites (tertiary alicyclic amines) is 2. The van der Waals surface area contributed by atoms with Gasteiger partial charge in [-0.05, 0) is 24.3 Å². The quantitative estimate of drug-likeness (QED) is 0.424. The van der Waals surface area contributed by atoms with E-state index in [0.717, 1.165) is 17.5 Å². The summed E-state index contributed by atoms with van der Waals surface area (Å²) in [6.07, 6.45) is 4.03. The molecule has 1 aromatic heterocycles. The molecule has 1 aromatic carbocycles. The third kappa shape index (κ3) is 5.72. The molecule has 1 spiro atoms. The summed E-state index contributed by atoms with van der Waals surface area (Å²) in [6.45, 7) is 9.44. The fourth-order valence-electron chi connectivity index (χ4n) is 6.18. The van der Waals surface area contributed by atoms with Gasteiger partial charge in [-0.1, -0.05) is 44.2 Å². The number of ether oxygens (including phenoxy) is 1. The highest BCUT2D eigenvalue weighted by Crippen LogP contribution is 2.54. The van der Waals surface area contributed by atoms with Crippen molar-refractivity contribution in [3.63, 3.8) is 0 Å². The minimum atomic E-state index is -0.837. The van der Waals surface area contributed by atoms with E-state index in [1.807, 2.05) is 41.4 Å². The molecular weight excluding hydrogens is 496 g/mol. The van der Waals surface area contributed by atoms with Crippen LogP contribution in [0, 0.1) is 22.7 Å². The fraction of sp³-hybridized carbons (Fsp3) is 0.586. The summed E-state index contributed by atoms with van der Waals surface area (Å²) in [7, 11) is 1.56. The van der Waals surface area contributed by atoms with E-state index in [1.165, 1.54) is 0 Å². The van der Waals surface area contributed by atoms with E-state index in [0.29, 0.717) is 39.3 Å². The van der Waals surface area contributed by atoms with Crippen molar-refractivity contribution in [1.82, 2.24) is 30.6 Å². The predicted octanol–water partition coefficient (Wildman–Crippen LogP) is 1.55. The number of hydrogen-bond donors (Lipinski definition) is 3. The van der Waals surface area contributed by atoms with Crippen molar-refractivity contribution in [2.45, 2.75) is 52.5 Å².